The van der Waals surface area contributed by atoms with Crippen molar-refractivity contribution in [1.29, 1.82) is 0 Å². The second-order valence-corrected chi connectivity index (χ2v) is 4.39. The Kier molecular flexibility index (Phi) is 4.85. The summed E-state index contributed by atoms with van der Waals surface area (Å²) < 4.78 is 0. The van der Waals surface area contributed by atoms with Crippen LogP contribution in [0.1, 0.15) is 12.8 Å². The Morgan fingerprint density at radius 2 is 2.00 bits per heavy atom. The summed E-state index contributed by atoms with van der Waals surface area (Å²) in [5.41, 5.74) is 0. The molecule has 1 saturated heterocycles. The van der Waals surface area contributed by atoms with Crippen LogP contribution in [0.2, 0.25) is 0 Å². The predicted octanol–water partition coefficient (Wildman–Crippen LogP) is -0.513. The minimum Gasteiger partial charge on any atom is -0.480 e. The van der Waals surface area contributed by atoms with E-state index in [1.54, 1.807) is 0 Å². The Morgan fingerprint density at radius 1 is 1.37 bits per heavy atom. The number of piperidine rings is 1. The third-order valence-corrected chi connectivity index (χ3v) is 3.17. The van der Waals surface area contributed by atoms with Crippen LogP contribution in [0.15, 0.2) is 0 Å². The predicted molar refractivity (Wildman–Crippen MR) is 62.6 cm³/mol. The lowest BCUT2D eigenvalue weighted by Gasteiger charge is -2.37. The standard InChI is InChI=1S/C11H16N2O6/c1-12(5-6-14)9(15)7-3-2-4-13(11(18)19)8(7)10(16)17/h6-8H,2-5H2,1H3,(H,16,17)(H,18,19)/t7-,8+/m0/s1. The van der Waals surface area contributed by atoms with E-state index in [0.29, 0.717) is 19.1 Å². The van der Waals surface area contributed by atoms with Gasteiger partial charge < -0.3 is 19.9 Å². The Balaban J connectivity index is 2.96. The zero-order valence-corrected chi connectivity index (χ0v) is 10.5. The van der Waals surface area contributed by atoms with Crippen molar-refractivity contribution in [3.63, 3.8) is 0 Å². The average Bonchev–Trinajstić information content (AvgIpc) is 2.36. The molecule has 2 atom stereocenters. The van der Waals surface area contributed by atoms with Crippen LogP contribution >= 0.6 is 0 Å². The van der Waals surface area contributed by atoms with Crippen LogP contribution in [-0.4, -0.2) is 70.4 Å². The van der Waals surface area contributed by atoms with Gasteiger partial charge >= 0.3 is 12.1 Å². The van der Waals surface area contributed by atoms with Crippen LogP contribution < -0.4 is 0 Å². The van der Waals surface area contributed by atoms with Crippen LogP contribution in [-0.2, 0) is 14.4 Å². The first-order chi connectivity index (χ1) is 8.90. The van der Waals surface area contributed by atoms with Crippen molar-refractivity contribution in [3.05, 3.63) is 0 Å². The Morgan fingerprint density at radius 3 is 2.47 bits per heavy atom. The number of aliphatic carboxylic acids is 1. The number of carboxylic acids is 1. The molecule has 1 aliphatic rings. The van der Waals surface area contributed by atoms with Crippen LogP contribution in [0, 0.1) is 5.92 Å². The van der Waals surface area contributed by atoms with Crippen molar-refractivity contribution in [2.45, 2.75) is 18.9 Å². The number of hydrogen-bond acceptors (Lipinski definition) is 4. The molecule has 1 heterocycles. The molecule has 19 heavy (non-hydrogen) atoms. The van der Waals surface area contributed by atoms with Crippen molar-refractivity contribution in [2.24, 2.45) is 5.92 Å². The highest BCUT2D eigenvalue weighted by atomic mass is 16.4. The fourth-order valence-electron chi connectivity index (χ4n) is 2.26. The van der Waals surface area contributed by atoms with E-state index in [-0.39, 0.29) is 13.1 Å². The van der Waals surface area contributed by atoms with Crippen LogP contribution in [0.25, 0.3) is 0 Å². The highest BCUT2D eigenvalue weighted by molar-refractivity contribution is 5.89. The number of carbonyl (C=O) groups excluding carboxylic acids is 2. The molecule has 0 aromatic heterocycles. The summed E-state index contributed by atoms with van der Waals surface area (Å²) in [5, 5.41) is 18.1. The van der Waals surface area contributed by atoms with Gasteiger partial charge in [-0.25, -0.2) is 9.59 Å². The third-order valence-electron chi connectivity index (χ3n) is 3.17. The molecule has 0 unspecified atom stereocenters. The number of carboxylic acid groups (broad SMARTS) is 2. The number of rotatable bonds is 4. The first-order valence-corrected chi connectivity index (χ1v) is 5.81. The Hall–Kier alpha value is -2.12. The van der Waals surface area contributed by atoms with E-state index in [4.69, 9.17) is 10.2 Å². The SMILES string of the molecule is CN(CC=O)C(=O)[C@H]1CCCN(C(=O)O)[C@H]1C(=O)O. The first-order valence-electron chi connectivity index (χ1n) is 5.81. The molecule has 1 fully saturated rings. The van der Waals surface area contributed by atoms with Gasteiger partial charge in [0.2, 0.25) is 5.91 Å². The zero-order valence-electron chi connectivity index (χ0n) is 10.5. The van der Waals surface area contributed by atoms with Gasteiger partial charge in [-0.05, 0) is 12.8 Å². The van der Waals surface area contributed by atoms with E-state index in [0.717, 1.165) is 9.80 Å². The molecule has 0 aromatic carbocycles. The molecule has 0 aliphatic carbocycles. The van der Waals surface area contributed by atoms with Gasteiger partial charge in [-0.2, -0.15) is 0 Å². The molecule has 106 valence electrons. The maximum Gasteiger partial charge on any atom is 0.408 e. The minimum absolute atomic E-state index is 0.0907. The van der Waals surface area contributed by atoms with E-state index in [1.807, 2.05) is 0 Å². The van der Waals surface area contributed by atoms with Gasteiger partial charge in [0.25, 0.3) is 0 Å². The van der Waals surface area contributed by atoms with E-state index in [9.17, 15) is 19.2 Å². The van der Waals surface area contributed by atoms with Gasteiger partial charge in [-0.1, -0.05) is 0 Å². The summed E-state index contributed by atoms with van der Waals surface area (Å²) >= 11 is 0. The first kappa shape index (κ1) is 14.9. The number of likely N-dealkylation sites (tertiary alicyclic amines) is 1. The quantitative estimate of drug-likeness (QED) is 0.666. The highest BCUT2D eigenvalue weighted by Gasteiger charge is 2.43. The van der Waals surface area contributed by atoms with Gasteiger partial charge in [0.1, 0.15) is 12.3 Å². The Labute approximate surface area is 109 Å². The molecule has 0 saturated carbocycles. The van der Waals surface area contributed by atoms with Crippen LogP contribution in [0.3, 0.4) is 0 Å². The minimum atomic E-state index is -1.40. The molecule has 2 amide bonds. The molecule has 2 N–H and O–H groups in total. The van der Waals surface area contributed by atoms with Crippen molar-refractivity contribution >= 4 is 24.3 Å². The molecule has 8 heteroatoms. The lowest BCUT2D eigenvalue weighted by atomic mass is 9.88. The van der Waals surface area contributed by atoms with Crippen molar-refractivity contribution < 1.29 is 29.4 Å². The molecular formula is C11H16N2O6. The number of nitrogens with zero attached hydrogens (tertiary/aromatic N) is 2. The average molecular weight is 272 g/mol. The summed E-state index contributed by atoms with van der Waals surface area (Å²) in [5.74, 6) is -2.82. The van der Waals surface area contributed by atoms with Gasteiger partial charge in [0.05, 0.1) is 12.5 Å². The van der Waals surface area contributed by atoms with Crippen LogP contribution in [0.5, 0.6) is 0 Å². The molecule has 8 nitrogen and oxygen atoms in total. The number of hydrogen-bond donors (Lipinski definition) is 2. The van der Waals surface area contributed by atoms with E-state index in [1.165, 1.54) is 7.05 Å². The Bertz CT molecular complexity index is 397. The smallest absolute Gasteiger partial charge is 0.408 e. The fraction of sp³-hybridized carbons (Fsp3) is 0.636. The monoisotopic (exact) mass is 272 g/mol. The molecule has 0 radical (unpaired) electrons. The van der Waals surface area contributed by atoms with E-state index in [2.05, 4.69) is 0 Å². The second kappa shape index (κ2) is 6.17. The normalized spacial score (nSPS) is 22.7. The summed E-state index contributed by atoms with van der Waals surface area (Å²) in [4.78, 5) is 46.5. The van der Waals surface area contributed by atoms with Crippen LogP contribution in [0.4, 0.5) is 4.79 Å². The summed E-state index contributed by atoms with van der Waals surface area (Å²) in [6.07, 6.45) is -0.113. The maximum absolute atomic E-state index is 12.1. The van der Waals surface area contributed by atoms with Gasteiger partial charge in [0.15, 0.2) is 0 Å². The van der Waals surface area contributed by atoms with Gasteiger partial charge in [0, 0.05) is 13.6 Å². The zero-order chi connectivity index (χ0) is 14.6. The van der Waals surface area contributed by atoms with Gasteiger partial charge in [-0.15, -0.1) is 0 Å². The number of amides is 2. The third kappa shape index (κ3) is 3.21. The molecule has 1 aliphatic heterocycles. The maximum atomic E-state index is 12.1. The second-order valence-electron chi connectivity index (χ2n) is 4.39. The molecule has 1 rings (SSSR count). The number of carbonyl (C=O) groups is 4. The van der Waals surface area contributed by atoms with E-state index >= 15 is 0 Å². The number of likely N-dealkylation sites (N-methyl/N-ethyl adjacent to an activating group) is 1. The number of aldehydes is 1. The van der Waals surface area contributed by atoms with Crippen molar-refractivity contribution in [3.8, 4) is 0 Å². The highest BCUT2D eigenvalue weighted by Crippen LogP contribution is 2.25. The molecular weight excluding hydrogens is 256 g/mol. The summed E-state index contributed by atoms with van der Waals surface area (Å²) in [6, 6.07) is -1.40. The van der Waals surface area contributed by atoms with Gasteiger partial charge in [-0.3, -0.25) is 9.69 Å². The summed E-state index contributed by atoms with van der Waals surface area (Å²) in [6.45, 7) is -0.0534. The topological polar surface area (TPSA) is 115 Å². The summed E-state index contributed by atoms with van der Waals surface area (Å²) in [7, 11) is 1.38. The van der Waals surface area contributed by atoms with Crippen molar-refractivity contribution in [1.82, 2.24) is 9.80 Å². The van der Waals surface area contributed by atoms with Crippen molar-refractivity contribution in [2.75, 3.05) is 20.1 Å². The lowest BCUT2D eigenvalue weighted by molar-refractivity contribution is -0.153. The lowest BCUT2D eigenvalue weighted by Crippen LogP contribution is -2.56. The van der Waals surface area contributed by atoms with E-state index < -0.39 is 29.9 Å². The molecule has 0 spiro atoms. The molecule has 0 aromatic rings. The largest absolute Gasteiger partial charge is 0.480 e. The molecule has 0 bridgehead atoms. The fourth-order valence-corrected chi connectivity index (χ4v) is 2.26.